The van der Waals surface area contributed by atoms with Gasteiger partial charge < -0.3 is 15.6 Å². The van der Waals surface area contributed by atoms with Crippen molar-refractivity contribution >= 4 is 40.6 Å². The summed E-state index contributed by atoms with van der Waals surface area (Å²) in [6, 6.07) is 7.79. The maximum Gasteiger partial charge on any atom is 0.251 e. The largest absolute Gasteiger partial charge is 0.351 e. The number of carbonyl (C=O) groups is 2. The van der Waals surface area contributed by atoms with Crippen LogP contribution in [0.4, 0.5) is 14.5 Å². The minimum atomic E-state index is -0.893. The molecule has 2 heterocycles. The molecular weight excluding hydrogens is 434 g/mol. The first-order valence-electron chi connectivity index (χ1n) is 8.66. The number of benzene rings is 1. The molecule has 0 aliphatic heterocycles. The lowest BCUT2D eigenvalue weighted by atomic mass is 10.3. The summed E-state index contributed by atoms with van der Waals surface area (Å²) in [5.41, 5.74) is -0.354. The zero-order chi connectivity index (χ0) is 21.5. The van der Waals surface area contributed by atoms with E-state index in [1.54, 1.807) is 0 Å². The van der Waals surface area contributed by atoms with Gasteiger partial charge in [-0.05, 0) is 23.6 Å². The Bertz CT molecular complexity index is 1100. The smallest absolute Gasteiger partial charge is 0.251 e. The van der Waals surface area contributed by atoms with Crippen LogP contribution in [0.3, 0.4) is 0 Å². The van der Waals surface area contributed by atoms with Crippen LogP contribution in [-0.4, -0.2) is 27.5 Å². The van der Waals surface area contributed by atoms with Gasteiger partial charge in [0.2, 0.25) is 11.8 Å². The first-order chi connectivity index (χ1) is 14.4. The van der Waals surface area contributed by atoms with Crippen LogP contribution >= 0.6 is 23.1 Å². The highest BCUT2D eigenvalue weighted by Crippen LogP contribution is 2.17. The van der Waals surface area contributed by atoms with E-state index in [4.69, 9.17) is 0 Å². The van der Waals surface area contributed by atoms with E-state index in [1.807, 2.05) is 17.5 Å². The van der Waals surface area contributed by atoms with Gasteiger partial charge in [-0.1, -0.05) is 17.8 Å². The van der Waals surface area contributed by atoms with Gasteiger partial charge in [-0.25, -0.2) is 13.8 Å². The summed E-state index contributed by atoms with van der Waals surface area (Å²) >= 11 is 2.44. The van der Waals surface area contributed by atoms with Crippen molar-refractivity contribution in [2.75, 3.05) is 11.1 Å². The number of halogens is 2. The summed E-state index contributed by atoms with van der Waals surface area (Å²) in [7, 11) is 0. The number of amides is 2. The third kappa shape index (κ3) is 6.49. The van der Waals surface area contributed by atoms with Crippen molar-refractivity contribution in [3.05, 3.63) is 74.3 Å². The summed E-state index contributed by atoms with van der Waals surface area (Å²) in [6.07, 6.45) is -0.0875. The number of carbonyl (C=O) groups excluding carboxylic acids is 2. The monoisotopic (exact) mass is 450 g/mol. The number of nitrogens with one attached hydrogen (secondary N) is 3. The van der Waals surface area contributed by atoms with Crippen LogP contribution < -0.4 is 16.2 Å². The Labute approximate surface area is 177 Å². The van der Waals surface area contributed by atoms with Crippen molar-refractivity contribution in [3.63, 3.8) is 0 Å². The van der Waals surface area contributed by atoms with Crippen LogP contribution in [0, 0.1) is 11.6 Å². The molecule has 3 aromatic rings. The molecule has 3 rings (SSSR count). The van der Waals surface area contributed by atoms with Crippen LogP contribution in [0.1, 0.15) is 10.6 Å². The van der Waals surface area contributed by atoms with Crippen LogP contribution in [0.5, 0.6) is 0 Å². The fraction of sp³-hybridized carbons (Fsp3) is 0.158. The molecule has 0 aliphatic rings. The molecule has 0 atom stereocenters. The highest BCUT2D eigenvalue weighted by molar-refractivity contribution is 7.99. The van der Waals surface area contributed by atoms with Gasteiger partial charge in [0.05, 0.1) is 30.1 Å². The highest BCUT2D eigenvalue weighted by atomic mass is 32.2. The van der Waals surface area contributed by atoms with E-state index in [1.165, 1.54) is 17.4 Å². The Morgan fingerprint density at radius 1 is 1.17 bits per heavy atom. The number of rotatable bonds is 8. The van der Waals surface area contributed by atoms with Crippen LogP contribution in [0.2, 0.25) is 0 Å². The summed E-state index contributed by atoms with van der Waals surface area (Å²) in [6.45, 7) is 0.390. The molecule has 156 valence electrons. The number of anilines is 1. The van der Waals surface area contributed by atoms with Crippen molar-refractivity contribution in [3.8, 4) is 0 Å². The molecule has 2 aromatic heterocycles. The van der Waals surface area contributed by atoms with Crippen molar-refractivity contribution < 1.29 is 18.4 Å². The standard InChI is InChI=1S/C19H16F2N4O3S2/c20-11-3-4-15(14(21)6-11)24-18(28)10-30-19-23-12(8-17(27)25-19)7-16(26)22-9-13-2-1-5-29-13/h1-6,8H,7,9-10H2,(H,22,26)(H,24,28)(H,23,25,27). The van der Waals surface area contributed by atoms with Gasteiger partial charge in [0.25, 0.3) is 5.56 Å². The quantitative estimate of drug-likeness (QED) is 0.362. The number of hydrogen-bond acceptors (Lipinski definition) is 6. The summed E-state index contributed by atoms with van der Waals surface area (Å²) < 4.78 is 26.5. The van der Waals surface area contributed by atoms with Gasteiger partial charge in [-0.2, -0.15) is 0 Å². The van der Waals surface area contributed by atoms with Gasteiger partial charge >= 0.3 is 0 Å². The van der Waals surface area contributed by atoms with Gasteiger partial charge in [0, 0.05) is 17.0 Å². The van der Waals surface area contributed by atoms with Gasteiger partial charge in [-0.15, -0.1) is 11.3 Å². The average Bonchev–Trinajstić information content (AvgIpc) is 3.20. The minimum absolute atomic E-state index is 0.0875. The number of aromatic amines is 1. The molecule has 0 fully saturated rings. The van der Waals surface area contributed by atoms with E-state index >= 15 is 0 Å². The van der Waals surface area contributed by atoms with E-state index in [9.17, 15) is 23.2 Å². The Morgan fingerprint density at radius 3 is 2.73 bits per heavy atom. The molecular formula is C19H16F2N4O3S2. The van der Waals surface area contributed by atoms with E-state index in [-0.39, 0.29) is 34.6 Å². The molecule has 30 heavy (non-hydrogen) atoms. The zero-order valence-corrected chi connectivity index (χ0v) is 17.0. The van der Waals surface area contributed by atoms with E-state index in [0.717, 1.165) is 28.8 Å². The maximum atomic E-state index is 13.6. The van der Waals surface area contributed by atoms with Gasteiger partial charge in [0.1, 0.15) is 11.6 Å². The second-order valence-corrected chi connectivity index (χ2v) is 8.03. The number of H-pyrrole nitrogens is 1. The molecule has 11 heteroatoms. The van der Waals surface area contributed by atoms with E-state index < -0.39 is 23.1 Å². The predicted molar refractivity (Wildman–Crippen MR) is 110 cm³/mol. The van der Waals surface area contributed by atoms with Crippen molar-refractivity contribution in [2.45, 2.75) is 18.1 Å². The Hall–Kier alpha value is -3.05. The van der Waals surface area contributed by atoms with Crippen molar-refractivity contribution in [1.29, 1.82) is 0 Å². The molecule has 0 spiro atoms. The topological polar surface area (TPSA) is 104 Å². The van der Waals surface area contributed by atoms with Crippen molar-refractivity contribution in [2.24, 2.45) is 0 Å². The Kier molecular flexibility index (Phi) is 7.31. The number of thiophene rings is 1. The third-order valence-electron chi connectivity index (χ3n) is 3.70. The van der Waals surface area contributed by atoms with Crippen LogP contribution in [-0.2, 0) is 22.6 Å². The molecule has 3 N–H and O–H groups in total. The lowest BCUT2D eigenvalue weighted by Gasteiger charge is -2.07. The molecule has 0 radical (unpaired) electrons. The summed E-state index contributed by atoms with van der Waals surface area (Å²) in [5.74, 6) is -2.67. The number of hydrogen-bond donors (Lipinski definition) is 3. The van der Waals surface area contributed by atoms with Crippen molar-refractivity contribution in [1.82, 2.24) is 15.3 Å². The molecule has 0 unspecified atom stereocenters. The normalized spacial score (nSPS) is 10.6. The highest BCUT2D eigenvalue weighted by Gasteiger charge is 2.12. The lowest BCUT2D eigenvalue weighted by molar-refractivity contribution is -0.120. The predicted octanol–water partition coefficient (Wildman–Crippen LogP) is 2.70. The number of thioether (sulfide) groups is 1. The summed E-state index contributed by atoms with van der Waals surface area (Å²) in [4.78, 5) is 43.5. The summed E-state index contributed by atoms with van der Waals surface area (Å²) in [5, 5.41) is 7.12. The third-order valence-corrected chi connectivity index (χ3v) is 5.45. The van der Waals surface area contributed by atoms with Gasteiger partial charge in [-0.3, -0.25) is 14.4 Å². The first-order valence-corrected chi connectivity index (χ1v) is 10.5. The molecule has 0 saturated carbocycles. The number of aromatic nitrogens is 2. The average molecular weight is 450 g/mol. The molecule has 1 aromatic carbocycles. The van der Waals surface area contributed by atoms with E-state index in [0.29, 0.717) is 12.6 Å². The minimum Gasteiger partial charge on any atom is -0.351 e. The zero-order valence-electron chi connectivity index (χ0n) is 15.4. The van der Waals surface area contributed by atoms with Crippen LogP contribution in [0.25, 0.3) is 0 Å². The Balaban J connectivity index is 1.54. The number of nitrogens with zero attached hydrogens (tertiary/aromatic N) is 1. The molecule has 7 nitrogen and oxygen atoms in total. The second kappa shape index (κ2) is 10.1. The fourth-order valence-electron chi connectivity index (χ4n) is 2.38. The first kappa shape index (κ1) is 21.7. The maximum absolute atomic E-state index is 13.6. The lowest BCUT2D eigenvalue weighted by Crippen LogP contribution is -2.25. The molecule has 2 amide bonds. The molecule has 0 saturated heterocycles. The SMILES string of the molecule is O=C(Cc1cc(=O)[nH]c(SCC(=O)Nc2ccc(F)cc2F)n1)NCc1cccs1. The van der Waals surface area contributed by atoms with E-state index in [2.05, 4.69) is 20.6 Å². The molecule has 0 aliphatic carbocycles. The molecule has 0 bridgehead atoms. The fourth-order valence-corrected chi connectivity index (χ4v) is 3.72. The van der Waals surface area contributed by atoms with Gasteiger partial charge in [0.15, 0.2) is 5.16 Å². The second-order valence-electron chi connectivity index (χ2n) is 6.04. The van der Waals surface area contributed by atoms with Crippen LogP contribution in [0.15, 0.2) is 51.7 Å². The Morgan fingerprint density at radius 2 is 2.00 bits per heavy atom.